The van der Waals surface area contributed by atoms with E-state index < -0.39 is 0 Å². The summed E-state index contributed by atoms with van der Waals surface area (Å²) < 4.78 is 0. The van der Waals surface area contributed by atoms with Gasteiger partial charge in [-0.2, -0.15) is 5.26 Å². The molecule has 2 rings (SSSR count). The zero-order valence-electron chi connectivity index (χ0n) is 11.0. The summed E-state index contributed by atoms with van der Waals surface area (Å²) in [4.78, 5) is 2.54. The fourth-order valence-electron chi connectivity index (χ4n) is 2.60. The number of nitrogens with zero attached hydrogens (tertiary/aromatic N) is 2. The number of nitriles is 1. The smallest absolute Gasteiger partial charge is 0.0991 e. The highest BCUT2D eigenvalue weighted by atomic mass is 15.2. The highest BCUT2D eigenvalue weighted by Crippen LogP contribution is 2.30. The Labute approximate surface area is 104 Å². The van der Waals surface area contributed by atoms with E-state index in [0.29, 0.717) is 5.54 Å². The van der Waals surface area contributed by atoms with Gasteiger partial charge in [-0.1, -0.05) is 6.07 Å². The van der Waals surface area contributed by atoms with Crippen molar-refractivity contribution in [2.75, 3.05) is 6.54 Å². The molecule has 0 bridgehead atoms. The second-order valence-corrected chi connectivity index (χ2v) is 5.59. The molecule has 2 nitrogen and oxygen atoms in total. The molecule has 0 unspecified atom stereocenters. The third kappa shape index (κ3) is 2.50. The van der Waals surface area contributed by atoms with E-state index in [1.807, 2.05) is 12.1 Å². The van der Waals surface area contributed by atoms with Gasteiger partial charge >= 0.3 is 0 Å². The summed E-state index contributed by atoms with van der Waals surface area (Å²) >= 11 is 0. The molecule has 0 aliphatic carbocycles. The molecule has 1 aromatic rings. The molecule has 1 heterocycles. The first-order valence-corrected chi connectivity index (χ1v) is 6.27. The van der Waals surface area contributed by atoms with Crippen LogP contribution in [0.4, 0.5) is 0 Å². The lowest BCUT2D eigenvalue weighted by Crippen LogP contribution is -2.37. The first kappa shape index (κ1) is 12.1. The molecular formula is C15H20N2. The van der Waals surface area contributed by atoms with E-state index in [1.165, 1.54) is 30.5 Å². The Morgan fingerprint density at radius 1 is 1.41 bits per heavy atom. The molecule has 0 amide bonds. The van der Waals surface area contributed by atoms with Crippen LogP contribution in [0, 0.1) is 18.3 Å². The van der Waals surface area contributed by atoms with Crippen molar-refractivity contribution in [1.82, 2.24) is 4.90 Å². The monoisotopic (exact) mass is 228 g/mol. The Balaban J connectivity index is 2.17. The van der Waals surface area contributed by atoms with Crippen LogP contribution in [0.3, 0.4) is 0 Å². The predicted octanol–water partition coefficient (Wildman–Crippen LogP) is 3.24. The molecule has 0 saturated carbocycles. The van der Waals surface area contributed by atoms with Gasteiger partial charge in [-0.25, -0.2) is 0 Å². The van der Waals surface area contributed by atoms with Crippen LogP contribution in [0.5, 0.6) is 0 Å². The van der Waals surface area contributed by atoms with Crippen LogP contribution in [0.1, 0.15) is 43.4 Å². The number of benzene rings is 1. The Kier molecular flexibility index (Phi) is 3.22. The third-order valence-corrected chi connectivity index (χ3v) is 3.91. The van der Waals surface area contributed by atoms with Crippen molar-refractivity contribution in [2.24, 2.45) is 0 Å². The van der Waals surface area contributed by atoms with Crippen molar-refractivity contribution in [3.8, 4) is 6.07 Å². The number of hydrogen-bond donors (Lipinski definition) is 0. The fraction of sp³-hybridized carbons (Fsp3) is 0.533. The van der Waals surface area contributed by atoms with Crippen molar-refractivity contribution in [1.29, 1.82) is 5.26 Å². The Bertz CT molecular complexity index is 454. The fourth-order valence-corrected chi connectivity index (χ4v) is 2.60. The summed E-state index contributed by atoms with van der Waals surface area (Å²) in [5.74, 6) is 0. The molecule has 1 aromatic carbocycles. The summed E-state index contributed by atoms with van der Waals surface area (Å²) in [5, 5.41) is 8.86. The van der Waals surface area contributed by atoms with E-state index in [-0.39, 0.29) is 0 Å². The number of hydrogen-bond acceptors (Lipinski definition) is 2. The van der Waals surface area contributed by atoms with Crippen molar-refractivity contribution in [3.63, 3.8) is 0 Å². The van der Waals surface area contributed by atoms with Crippen LogP contribution in [0.25, 0.3) is 0 Å². The quantitative estimate of drug-likeness (QED) is 0.777. The molecule has 1 aliphatic heterocycles. The van der Waals surface area contributed by atoms with Gasteiger partial charge in [0.05, 0.1) is 11.6 Å². The molecule has 90 valence electrons. The largest absolute Gasteiger partial charge is 0.294 e. The van der Waals surface area contributed by atoms with Gasteiger partial charge in [0.15, 0.2) is 0 Å². The van der Waals surface area contributed by atoms with Gasteiger partial charge in [0.25, 0.3) is 0 Å². The maximum absolute atomic E-state index is 8.86. The molecular weight excluding hydrogens is 208 g/mol. The lowest BCUT2D eigenvalue weighted by atomic mass is 10.00. The topological polar surface area (TPSA) is 27.0 Å². The average molecular weight is 228 g/mol. The normalized spacial score (nSPS) is 19.2. The minimum Gasteiger partial charge on any atom is -0.294 e. The van der Waals surface area contributed by atoms with Crippen molar-refractivity contribution < 1.29 is 0 Å². The van der Waals surface area contributed by atoms with E-state index in [0.717, 1.165) is 12.1 Å². The molecule has 0 atom stereocenters. The van der Waals surface area contributed by atoms with Gasteiger partial charge in [0, 0.05) is 12.1 Å². The zero-order chi connectivity index (χ0) is 12.5. The summed E-state index contributed by atoms with van der Waals surface area (Å²) in [5.41, 5.74) is 3.65. The van der Waals surface area contributed by atoms with Gasteiger partial charge in [-0.3, -0.25) is 4.90 Å². The molecule has 0 aromatic heterocycles. The van der Waals surface area contributed by atoms with Crippen LogP contribution in [-0.2, 0) is 6.54 Å². The Morgan fingerprint density at radius 3 is 2.71 bits per heavy atom. The second-order valence-electron chi connectivity index (χ2n) is 5.59. The van der Waals surface area contributed by atoms with Gasteiger partial charge in [0.2, 0.25) is 0 Å². The molecule has 0 radical (unpaired) electrons. The molecule has 0 spiro atoms. The standard InChI is InChI=1S/C15H20N2/c1-12-9-13(10-16)5-6-14(12)11-17-8-4-7-15(17,2)3/h5-6,9H,4,7-8,11H2,1-3H3. The van der Waals surface area contributed by atoms with Crippen LogP contribution < -0.4 is 0 Å². The van der Waals surface area contributed by atoms with Crippen molar-refractivity contribution in [2.45, 2.75) is 45.7 Å². The molecule has 1 fully saturated rings. The number of likely N-dealkylation sites (tertiary alicyclic amines) is 1. The van der Waals surface area contributed by atoms with Gasteiger partial charge in [-0.15, -0.1) is 0 Å². The lowest BCUT2D eigenvalue weighted by molar-refractivity contribution is 0.166. The SMILES string of the molecule is Cc1cc(C#N)ccc1CN1CCCC1(C)C. The minimum atomic E-state index is 0.320. The molecule has 1 aliphatic rings. The Morgan fingerprint density at radius 2 is 2.18 bits per heavy atom. The molecule has 1 saturated heterocycles. The van der Waals surface area contributed by atoms with Crippen LogP contribution >= 0.6 is 0 Å². The van der Waals surface area contributed by atoms with E-state index in [9.17, 15) is 0 Å². The predicted molar refractivity (Wildman–Crippen MR) is 69.6 cm³/mol. The highest BCUT2D eigenvalue weighted by molar-refractivity contribution is 5.37. The van der Waals surface area contributed by atoms with Crippen LogP contribution in [0.15, 0.2) is 18.2 Å². The molecule has 17 heavy (non-hydrogen) atoms. The summed E-state index contributed by atoms with van der Waals surface area (Å²) in [6, 6.07) is 8.20. The summed E-state index contributed by atoms with van der Waals surface area (Å²) in [7, 11) is 0. The van der Waals surface area contributed by atoms with E-state index in [4.69, 9.17) is 5.26 Å². The van der Waals surface area contributed by atoms with Crippen LogP contribution in [0.2, 0.25) is 0 Å². The summed E-state index contributed by atoms with van der Waals surface area (Å²) in [6.45, 7) is 8.92. The zero-order valence-corrected chi connectivity index (χ0v) is 11.0. The van der Waals surface area contributed by atoms with E-state index >= 15 is 0 Å². The highest BCUT2D eigenvalue weighted by Gasteiger charge is 2.31. The van der Waals surface area contributed by atoms with Crippen molar-refractivity contribution >= 4 is 0 Å². The first-order chi connectivity index (χ1) is 8.03. The second kappa shape index (κ2) is 4.50. The third-order valence-electron chi connectivity index (χ3n) is 3.91. The first-order valence-electron chi connectivity index (χ1n) is 6.27. The minimum absolute atomic E-state index is 0.320. The van der Waals surface area contributed by atoms with Gasteiger partial charge < -0.3 is 0 Å². The van der Waals surface area contributed by atoms with E-state index in [2.05, 4.69) is 37.8 Å². The van der Waals surface area contributed by atoms with Gasteiger partial charge in [0.1, 0.15) is 0 Å². The summed E-state index contributed by atoms with van der Waals surface area (Å²) in [6.07, 6.45) is 2.57. The molecule has 0 N–H and O–H groups in total. The van der Waals surface area contributed by atoms with E-state index in [1.54, 1.807) is 0 Å². The van der Waals surface area contributed by atoms with Crippen molar-refractivity contribution in [3.05, 3.63) is 34.9 Å². The maximum atomic E-state index is 8.86. The number of rotatable bonds is 2. The number of aryl methyl sites for hydroxylation is 1. The lowest BCUT2D eigenvalue weighted by Gasteiger charge is -2.32. The van der Waals surface area contributed by atoms with Gasteiger partial charge in [-0.05, 0) is 63.4 Å². The maximum Gasteiger partial charge on any atom is 0.0991 e. The van der Waals surface area contributed by atoms with Crippen LogP contribution in [-0.4, -0.2) is 17.0 Å². The Hall–Kier alpha value is -1.33. The average Bonchev–Trinajstić information content (AvgIpc) is 2.61. The molecule has 2 heteroatoms.